The summed E-state index contributed by atoms with van der Waals surface area (Å²) in [6.07, 6.45) is 0. The zero-order valence-electron chi connectivity index (χ0n) is 14.6. The molecule has 0 aliphatic carbocycles. The molecule has 0 spiro atoms. The molecule has 0 fully saturated rings. The minimum atomic E-state index is -0.210. The lowest BCUT2D eigenvalue weighted by molar-refractivity contribution is 0.126. The van der Waals surface area contributed by atoms with E-state index in [1.165, 1.54) is 22.4 Å². The Hall–Kier alpha value is -1.80. The summed E-state index contributed by atoms with van der Waals surface area (Å²) in [5.41, 5.74) is 5.00. The third-order valence-corrected chi connectivity index (χ3v) is 4.78. The Balaban J connectivity index is 2.25. The van der Waals surface area contributed by atoms with E-state index < -0.39 is 0 Å². The van der Waals surface area contributed by atoms with Crippen molar-refractivity contribution in [3.05, 3.63) is 54.1 Å². The number of aliphatic hydroxyl groups is 1. The molecule has 122 valence electrons. The normalized spacial score (nSPS) is 17.1. The maximum absolute atomic E-state index is 10.0. The fourth-order valence-corrected chi connectivity index (χ4v) is 3.77. The molecule has 1 N–H and O–H groups in total. The summed E-state index contributed by atoms with van der Waals surface area (Å²) < 4.78 is 0. The summed E-state index contributed by atoms with van der Waals surface area (Å²) in [7, 11) is 0. The van der Waals surface area contributed by atoms with Crippen LogP contribution in [0.3, 0.4) is 0 Å². The quantitative estimate of drug-likeness (QED) is 0.869. The van der Waals surface area contributed by atoms with Crippen LogP contribution in [0.25, 0.3) is 11.1 Å². The van der Waals surface area contributed by atoms with Gasteiger partial charge in [-0.2, -0.15) is 0 Å². The van der Waals surface area contributed by atoms with Crippen molar-refractivity contribution in [3.63, 3.8) is 0 Å². The van der Waals surface area contributed by atoms with Crippen molar-refractivity contribution in [1.29, 1.82) is 0 Å². The van der Waals surface area contributed by atoms with Gasteiger partial charge in [-0.1, -0.05) is 70.2 Å². The molecule has 2 nitrogen and oxygen atoms in total. The van der Waals surface area contributed by atoms with Crippen molar-refractivity contribution < 1.29 is 5.11 Å². The monoisotopic (exact) mass is 309 g/mol. The van der Waals surface area contributed by atoms with Crippen LogP contribution in [0.5, 0.6) is 0 Å². The first-order chi connectivity index (χ1) is 11.0. The summed E-state index contributed by atoms with van der Waals surface area (Å²) >= 11 is 0. The molecule has 1 atom stereocenters. The second-order valence-electron chi connectivity index (χ2n) is 7.70. The van der Waals surface area contributed by atoms with Crippen molar-refractivity contribution in [1.82, 2.24) is 0 Å². The second-order valence-corrected chi connectivity index (χ2v) is 7.70. The van der Waals surface area contributed by atoms with E-state index >= 15 is 0 Å². The van der Waals surface area contributed by atoms with Crippen LogP contribution in [0.2, 0.25) is 0 Å². The van der Waals surface area contributed by atoms with Gasteiger partial charge in [-0.3, -0.25) is 0 Å². The maximum atomic E-state index is 10.0. The van der Waals surface area contributed by atoms with Gasteiger partial charge >= 0.3 is 0 Å². The van der Waals surface area contributed by atoms with Gasteiger partial charge < -0.3 is 10.0 Å². The highest BCUT2D eigenvalue weighted by Crippen LogP contribution is 2.50. The van der Waals surface area contributed by atoms with Crippen LogP contribution in [0.1, 0.15) is 39.3 Å². The number of rotatable bonds is 4. The molecule has 0 aromatic heterocycles. The number of para-hydroxylation sites is 1. The highest BCUT2D eigenvalue weighted by Gasteiger charge is 2.40. The lowest BCUT2D eigenvalue weighted by atomic mass is 9.74. The lowest BCUT2D eigenvalue weighted by Gasteiger charge is -2.48. The van der Waals surface area contributed by atoms with Gasteiger partial charge in [0.25, 0.3) is 0 Å². The second kappa shape index (κ2) is 6.01. The van der Waals surface area contributed by atoms with Crippen LogP contribution in [0, 0.1) is 11.3 Å². The molecule has 2 aromatic rings. The SMILES string of the molecule is CC(C)CN1c2ccccc2-c2ccccc2C1C(C)(C)CO. The molecule has 1 aliphatic rings. The number of fused-ring (bicyclic) bond motifs is 3. The Morgan fingerprint density at radius 3 is 2.26 bits per heavy atom. The predicted molar refractivity (Wildman–Crippen MR) is 97.7 cm³/mol. The van der Waals surface area contributed by atoms with Crippen LogP contribution in [-0.2, 0) is 0 Å². The number of hydrogen-bond acceptors (Lipinski definition) is 2. The third kappa shape index (κ3) is 2.76. The molecule has 23 heavy (non-hydrogen) atoms. The summed E-state index contributed by atoms with van der Waals surface area (Å²) in [4.78, 5) is 2.50. The first-order valence-electron chi connectivity index (χ1n) is 8.51. The van der Waals surface area contributed by atoms with Gasteiger partial charge in [0.05, 0.1) is 12.6 Å². The van der Waals surface area contributed by atoms with Gasteiger partial charge in [-0.05, 0) is 23.1 Å². The number of nitrogens with zero attached hydrogens (tertiary/aromatic N) is 1. The first-order valence-corrected chi connectivity index (χ1v) is 8.51. The molecular weight excluding hydrogens is 282 g/mol. The first kappa shape index (κ1) is 16.1. The van der Waals surface area contributed by atoms with E-state index in [4.69, 9.17) is 0 Å². The maximum Gasteiger partial charge on any atom is 0.0621 e. The van der Waals surface area contributed by atoms with Crippen molar-refractivity contribution in [2.75, 3.05) is 18.1 Å². The topological polar surface area (TPSA) is 23.5 Å². The Bertz CT molecular complexity index is 690. The summed E-state index contributed by atoms with van der Waals surface area (Å²) in [5, 5.41) is 10.0. The smallest absolute Gasteiger partial charge is 0.0621 e. The highest BCUT2D eigenvalue weighted by molar-refractivity contribution is 5.84. The van der Waals surface area contributed by atoms with Crippen LogP contribution in [0.15, 0.2) is 48.5 Å². The molecule has 2 aromatic carbocycles. The van der Waals surface area contributed by atoms with E-state index in [0.717, 1.165) is 6.54 Å². The minimum absolute atomic E-state index is 0.169. The molecule has 0 saturated carbocycles. The molecule has 0 bridgehead atoms. The van der Waals surface area contributed by atoms with Gasteiger partial charge in [0.1, 0.15) is 0 Å². The minimum Gasteiger partial charge on any atom is -0.396 e. The molecule has 1 unspecified atom stereocenters. The Kier molecular flexibility index (Phi) is 4.20. The molecule has 3 rings (SSSR count). The standard InChI is InChI=1S/C21H27NO/c1-15(2)13-22-19-12-8-7-10-17(19)16-9-5-6-11-18(16)20(22)21(3,4)14-23/h5-12,15,20,23H,13-14H2,1-4H3. The number of aliphatic hydroxyl groups excluding tert-OH is 1. The van der Waals surface area contributed by atoms with E-state index in [-0.39, 0.29) is 18.1 Å². The Morgan fingerprint density at radius 1 is 1.00 bits per heavy atom. The fraction of sp³-hybridized carbons (Fsp3) is 0.429. The van der Waals surface area contributed by atoms with Crippen LogP contribution in [-0.4, -0.2) is 18.3 Å². The van der Waals surface area contributed by atoms with Crippen LogP contribution in [0.4, 0.5) is 5.69 Å². The summed E-state index contributed by atoms with van der Waals surface area (Å²) in [6.45, 7) is 9.99. The number of benzene rings is 2. The van der Waals surface area contributed by atoms with Gasteiger partial charge in [-0.15, -0.1) is 0 Å². The van der Waals surface area contributed by atoms with E-state index in [9.17, 15) is 5.11 Å². The Morgan fingerprint density at radius 2 is 1.61 bits per heavy atom. The predicted octanol–water partition coefficient (Wildman–Crippen LogP) is 4.89. The van der Waals surface area contributed by atoms with E-state index in [2.05, 4.69) is 81.1 Å². The number of hydrogen-bond donors (Lipinski definition) is 1. The largest absolute Gasteiger partial charge is 0.396 e. The summed E-state index contributed by atoms with van der Waals surface area (Å²) in [6, 6.07) is 17.5. The zero-order chi connectivity index (χ0) is 16.6. The molecule has 1 aliphatic heterocycles. The van der Waals surface area contributed by atoms with Crippen molar-refractivity contribution in [3.8, 4) is 11.1 Å². The van der Waals surface area contributed by atoms with Gasteiger partial charge in [0.15, 0.2) is 0 Å². The molecule has 0 amide bonds. The highest BCUT2D eigenvalue weighted by atomic mass is 16.3. The average Bonchev–Trinajstić information content (AvgIpc) is 2.54. The Labute approximate surface area is 139 Å². The molecule has 1 heterocycles. The lowest BCUT2D eigenvalue weighted by Crippen LogP contribution is -2.44. The van der Waals surface area contributed by atoms with Gasteiger partial charge in [0, 0.05) is 23.2 Å². The fourth-order valence-electron chi connectivity index (χ4n) is 3.77. The van der Waals surface area contributed by atoms with Crippen molar-refractivity contribution >= 4 is 5.69 Å². The van der Waals surface area contributed by atoms with E-state index in [1.54, 1.807) is 0 Å². The third-order valence-electron chi connectivity index (χ3n) is 4.78. The average molecular weight is 309 g/mol. The van der Waals surface area contributed by atoms with Crippen LogP contribution >= 0.6 is 0 Å². The van der Waals surface area contributed by atoms with Crippen LogP contribution < -0.4 is 4.90 Å². The summed E-state index contributed by atoms with van der Waals surface area (Å²) in [5.74, 6) is 0.560. The molecule has 0 radical (unpaired) electrons. The van der Waals surface area contributed by atoms with Crippen molar-refractivity contribution in [2.45, 2.75) is 33.7 Å². The molecule has 2 heteroatoms. The van der Waals surface area contributed by atoms with E-state index in [0.29, 0.717) is 5.92 Å². The zero-order valence-corrected chi connectivity index (χ0v) is 14.6. The van der Waals surface area contributed by atoms with Gasteiger partial charge in [0.2, 0.25) is 0 Å². The number of anilines is 1. The molecule has 0 saturated heterocycles. The molecular formula is C21H27NO. The van der Waals surface area contributed by atoms with Gasteiger partial charge in [-0.25, -0.2) is 0 Å². The van der Waals surface area contributed by atoms with E-state index in [1.807, 2.05) is 0 Å². The van der Waals surface area contributed by atoms with Crippen molar-refractivity contribution in [2.24, 2.45) is 11.3 Å².